The van der Waals surface area contributed by atoms with E-state index in [0.29, 0.717) is 11.9 Å². The first-order valence-corrected chi connectivity index (χ1v) is 11.0. The van der Waals surface area contributed by atoms with Crippen LogP contribution in [0.4, 0.5) is 17.5 Å². The number of nitrogens with one attached hydrogen (secondary N) is 1. The van der Waals surface area contributed by atoms with E-state index in [4.69, 9.17) is 4.98 Å². The van der Waals surface area contributed by atoms with Gasteiger partial charge < -0.3 is 15.1 Å². The lowest BCUT2D eigenvalue weighted by molar-refractivity contribution is 0.271. The van der Waals surface area contributed by atoms with Gasteiger partial charge in [-0.15, -0.1) is 0 Å². The molecule has 0 atom stereocenters. The number of piperazine rings is 1. The number of aromatic nitrogens is 5. The number of fused-ring (bicyclic) bond motifs is 3. The lowest BCUT2D eigenvalue weighted by Gasteiger charge is -2.35. The highest BCUT2D eigenvalue weighted by Crippen LogP contribution is 2.23. The summed E-state index contributed by atoms with van der Waals surface area (Å²) in [5.74, 6) is 1.61. The smallest absolute Gasteiger partial charge is 0.230 e. The maximum absolute atomic E-state index is 4.79. The minimum absolute atomic E-state index is 0.348. The van der Waals surface area contributed by atoms with Gasteiger partial charge >= 0.3 is 0 Å². The summed E-state index contributed by atoms with van der Waals surface area (Å²) in [4.78, 5) is 23.3. The first-order valence-electron chi connectivity index (χ1n) is 11.0. The second-order valence-corrected chi connectivity index (χ2v) is 8.29. The maximum atomic E-state index is 4.79. The number of hydrogen-bond acceptors (Lipinski definition) is 7. The van der Waals surface area contributed by atoms with Crippen molar-refractivity contribution in [2.45, 2.75) is 26.7 Å². The van der Waals surface area contributed by atoms with Crippen LogP contribution in [0.15, 0.2) is 42.9 Å². The first kappa shape index (κ1) is 19.7. The van der Waals surface area contributed by atoms with Gasteiger partial charge in [-0.1, -0.05) is 20.8 Å². The molecule has 1 fully saturated rings. The molecular formula is C23H28N8. The van der Waals surface area contributed by atoms with Gasteiger partial charge in [-0.3, -0.25) is 4.40 Å². The van der Waals surface area contributed by atoms with Crippen LogP contribution < -0.4 is 10.2 Å². The number of hydrogen-bond donors (Lipinski definition) is 1. The molecule has 0 radical (unpaired) electrons. The zero-order chi connectivity index (χ0) is 21.4. The normalized spacial score (nSPS) is 15.3. The fraction of sp³-hybridized carbons (Fsp3) is 0.391. The Morgan fingerprint density at radius 1 is 0.935 bits per heavy atom. The van der Waals surface area contributed by atoms with Crippen LogP contribution in [0.25, 0.3) is 16.7 Å². The molecular weight excluding hydrogens is 388 g/mol. The molecule has 1 aliphatic rings. The molecule has 0 bridgehead atoms. The van der Waals surface area contributed by atoms with Gasteiger partial charge in [-0.05, 0) is 36.7 Å². The number of pyridine rings is 2. The molecule has 8 nitrogen and oxygen atoms in total. The first-order chi connectivity index (χ1) is 15.1. The molecule has 8 heteroatoms. The van der Waals surface area contributed by atoms with Crippen molar-refractivity contribution in [3.63, 3.8) is 0 Å². The summed E-state index contributed by atoms with van der Waals surface area (Å²) in [6, 6.07) is 8.12. The summed E-state index contributed by atoms with van der Waals surface area (Å²) in [5.41, 5.74) is 4.03. The van der Waals surface area contributed by atoms with Gasteiger partial charge in [0.15, 0.2) is 5.65 Å². The van der Waals surface area contributed by atoms with Crippen LogP contribution in [0.2, 0.25) is 0 Å². The molecule has 1 N–H and O–H groups in total. The molecule has 0 saturated carbocycles. The summed E-state index contributed by atoms with van der Waals surface area (Å²) >= 11 is 0. The molecule has 160 valence electrons. The number of anilines is 3. The van der Waals surface area contributed by atoms with E-state index >= 15 is 0 Å². The van der Waals surface area contributed by atoms with Crippen LogP contribution in [0.5, 0.6) is 0 Å². The second kappa shape index (κ2) is 8.11. The summed E-state index contributed by atoms with van der Waals surface area (Å²) in [6.07, 6.45) is 5.70. The van der Waals surface area contributed by atoms with E-state index in [0.717, 1.165) is 66.6 Å². The molecule has 4 aromatic rings. The van der Waals surface area contributed by atoms with Crippen molar-refractivity contribution in [2.75, 3.05) is 42.9 Å². The molecule has 1 aliphatic heterocycles. The van der Waals surface area contributed by atoms with E-state index in [1.807, 2.05) is 36.8 Å². The molecule has 0 spiro atoms. The second-order valence-electron chi connectivity index (χ2n) is 8.29. The summed E-state index contributed by atoms with van der Waals surface area (Å²) < 4.78 is 2.11. The van der Waals surface area contributed by atoms with Crippen LogP contribution in [0.3, 0.4) is 0 Å². The molecule has 0 amide bonds. The van der Waals surface area contributed by atoms with E-state index in [2.05, 4.69) is 61.3 Å². The maximum Gasteiger partial charge on any atom is 0.230 e. The van der Waals surface area contributed by atoms with Crippen molar-refractivity contribution in [3.8, 4) is 0 Å². The average Bonchev–Trinajstić information content (AvgIpc) is 3.25. The zero-order valence-corrected chi connectivity index (χ0v) is 18.3. The minimum Gasteiger partial charge on any atom is -0.368 e. The van der Waals surface area contributed by atoms with E-state index in [1.165, 1.54) is 0 Å². The van der Waals surface area contributed by atoms with Gasteiger partial charge in [0, 0.05) is 49.7 Å². The SMILES string of the molecule is CCN1CCN(c2ccc(Nc3ncc4ccc5ncc(C(C)C)n5c4n3)nc2)CC1. The summed E-state index contributed by atoms with van der Waals surface area (Å²) in [7, 11) is 0. The lowest BCUT2D eigenvalue weighted by atomic mass is 10.1. The predicted molar refractivity (Wildman–Crippen MR) is 124 cm³/mol. The van der Waals surface area contributed by atoms with Crippen molar-refractivity contribution >= 4 is 34.1 Å². The van der Waals surface area contributed by atoms with E-state index in [1.54, 1.807) is 0 Å². The van der Waals surface area contributed by atoms with Gasteiger partial charge in [0.25, 0.3) is 0 Å². The summed E-state index contributed by atoms with van der Waals surface area (Å²) in [6.45, 7) is 11.9. The Hall–Kier alpha value is -3.26. The third kappa shape index (κ3) is 3.79. The van der Waals surface area contributed by atoms with Crippen LogP contribution >= 0.6 is 0 Å². The Morgan fingerprint density at radius 2 is 1.77 bits per heavy atom. The molecule has 5 rings (SSSR count). The number of nitrogens with zero attached hydrogens (tertiary/aromatic N) is 7. The van der Waals surface area contributed by atoms with Crippen molar-refractivity contribution in [1.82, 2.24) is 29.2 Å². The van der Waals surface area contributed by atoms with Crippen LogP contribution in [-0.2, 0) is 0 Å². The summed E-state index contributed by atoms with van der Waals surface area (Å²) in [5, 5.41) is 4.23. The Balaban J connectivity index is 1.39. The van der Waals surface area contributed by atoms with Gasteiger partial charge in [0.1, 0.15) is 11.5 Å². The zero-order valence-electron chi connectivity index (χ0n) is 18.3. The molecule has 4 aromatic heterocycles. The fourth-order valence-corrected chi connectivity index (χ4v) is 4.12. The lowest BCUT2D eigenvalue weighted by Crippen LogP contribution is -2.46. The van der Waals surface area contributed by atoms with Crippen LogP contribution in [0, 0.1) is 0 Å². The minimum atomic E-state index is 0.348. The molecule has 0 unspecified atom stereocenters. The van der Waals surface area contributed by atoms with Crippen molar-refractivity contribution < 1.29 is 0 Å². The molecule has 5 heterocycles. The standard InChI is InChI=1S/C23H28N8/c1-4-29-9-11-30(12-10-29)18-6-7-20(24-14-18)27-23-26-13-17-5-8-21-25-15-19(16(2)3)31(21)22(17)28-23/h5-8,13-16H,4,9-12H2,1-3H3,(H,24,26,27,28). The topological polar surface area (TPSA) is 74.5 Å². The average molecular weight is 417 g/mol. The van der Waals surface area contributed by atoms with Crippen molar-refractivity contribution in [1.29, 1.82) is 0 Å². The number of rotatable bonds is 5. The predicted octanol–water partition coefficient (Wildman–Crippen LogP) is 3.68. The van der Waals surface area contributed by atoms with Crippen molar-refractivity contribution in [3.05, 3.63) is 48.5 Å². The highest BCUT2D eigenvalue weighted by Gasteiger charge is 2.16. The third-order valence-corrected chi connectivity index (χ3v) is 6.00. The van der Waals surface area contributed by atoms with Gasteiger partial charge in [0.05, 0.1) is 11.9 Å². The van der Waals surface area contributed by atoms with Crippen molar-refractivity contribution in [2.24, 2.45) is 0 Å². The molecule has 0 aliphatic carbocycles. The monoisotopic (exact) mass is 416 g/mol. The van der Waals surface area contributed by atoms with Gasteiger partial charge in [-0.2, -0.15) is 4.98 Å². The van der Waals surface area contributed by atoms with Gasteiger partial charge in [0.2, 0.25) is 5.95 Å². The number of likely N-dealkylation sites (N-methyl/N-ethyl adjacent to an activating group) is 1. The van der Waals surface area contributed by atoms with Crippen LogP contribution in [0.1, 0.15) is 32.4 Å². The Labute approximate surface area is 182 Å². The number of imidazole rings is 1. The Kier molecular flexibility index (Phi) is 5.15. The Morgan fingerprint density at radius 3 is 2.48 bits per heavy atom. The van der Waals surface area contributed by atoms with E-state index in [-0.39, 0.29) is 0 Å². The molecule has 31 heavy (non-hydrogen) atoms. The van der Waals surface area contributed by atoms with E-state index in [9.17, 15) is 0 Å². The highest BCUT2D eigenvalue weighted by atomic mass is 15.3. The fourth-order valence-electron chi connectivity index (χ4n) is 4.12. The molecule has 0 aromatic carbocycles. The van der Waals surface area contributed by atoms with Gasteiger partial charge in [-0.25, -0.2) is 15.0 Å². The van der Waals surface area contributed by atoms with Crippen LogP contribution in [-0.4, -0.2) is 62.0 Å². The third-order valence-electron chi connectivity index (χ3n) is 6.00. The van der Waals surface area contributed by atoms with E-state index < -0.39 is 0 Å². The Bertz CT molecular complexity index is 1190. The highest BCUT2D eigenvalue weighted by molar-refractivity contribution is 5.79. The quantitative estimate of drug-likeness (QED) is 0.532. The largest absolute Gasteiger partial charge is 0.368 e. The molecule has 1 saturated heterocycles.